The van der Waals surface area contributed by atoms with E-state index in [0.717, 1.165) is 35.4 Å². The molecule has 2 heterocycles. The maximum atomic E-state index is 13.2. The molecular weight excluding hydrogens is 427 g/mol. The van der Waals surface area contributed by atoms with Gasteiger partial charge in [0.1, 0.15) is 5.82 Å². The van der Waals surface area contributed by atoms with Gasteiger partial charge in [0.05, 0.1) is 16.6 Å². The van der Waals surface area contributed by atoms with Crippen LogP contribution in [0.15, 0.2) is 78.9 Å². The second-order valence-electron chi connectivity index (χ2n) is 8.30. The molecule has 168 valence electrons. The fraction of sp³-hybridized carbons (Fsp3) is 0.231. The van der Waals surface area contributed by atoms with E-state index in [1.807, 2.05) is 42.5 Å². The highest BCUT2D eigenvalue weighted by Gasteiger charge is 2.36. The molecule has 1 unspecified atom stereocenters. The molecule has 1 amide bonds. The number of rotatable bonds is 5. The third-order valence-electron chi connectivity index (χ3n) is 6.13. The smallest absolute Gasteiger partial charge is 0.327 e. The number of aryl methyl sites for hydroxylation is 2. The minimum absolute atomic E-state index is 0.194. The number of alkyl halides is 3. The molecule has 0 spiro atoms. The minimum Gasteiger partial charge on any atom is -0.327 e. The van der Waals surface area contributed by atoms with Gasteiger partial charge in [-0.15, -0.1) is 0 Å². The molecule has 4 aromatic rings. The lowest BCUT2D eigenvalue weighted by molar-refractivity contribution is -0.137. The van der Waals surface area contributed by atoms with Crippen LogP contribution in [0.4, 0.5) is 18.9 Å². The maximum absolute atomic E-state index is 13.2. The maximum Gasteiger partial charge on any atom is 0.416 e. The zero-order valence-corrected chi connectivity index (χ0v) is 17.8. The average Bonchev–Trinajstić information content (AvgIpc) is 3.38. The van der Waals surface area contributed by atoms with Crippen LogP contribution in [0.25, 0.3) is 11.0 Å². The Morgan fingerprint density at radius 3 is 2.48 bits per heavy atom. The van der Waals surface area contributed by atoms with Crippen molar-refractivity contribution in [3.8, 4) is 0 Å². The van der Waals surface area contributed by atoms with Crippen molar-refractivity contribution in [3.63, 3.8) is 0 Å². The third-order valence-corrected chi connectivity index (χ3v) is 6.13. The lowest BCUT2D eigenvalue weighted by Gasteiger charge is -2.19. The molecule has 1 atom stereocenters. The predicted molar refractivity (Wildman–Crippen MR) is 121 cm³/mol. The van der Waals surface area contributed by atoms with Crippen molar-refractivity contribution in [1.29, 1.82) is 0 Å². The van der Waals surface area contributed by atoms with E-state index in [-0.39, 0.29) is 23.9 Å². The number of fused-ring (bicyclic) bond motifs is 1. The van der Waals surface area contributed by atoms with Crippen LogP contribution in [0.5, 0.6) is 0 Å². The highest BCUT2D eigenvalue weighted by molar-refractivity contribution is 5.96. The van der Waals surface area contributed by atoms with Crippen LogP contribution in [0, 0.1) is 0 Å². The number of hydrogen-bond acceptors (Lipinski definition) is 2. The molecule has 3 aromatic carbocycles. The van der Waals surface area contributed by atoms with Crippen molar-refractivity contribution < 1.29 is 18.0 Å². The highest BCUT2D eigenvalue weighted by Crippen LogP contribution is 2.36. The van der Waals surface area contributed by atoms with E-state index in [9.17, 15) is 18.0 Å². The number of halogens is 3. The number of amides is 1. The Labute approximate surface area is 189 Å². The number of anilines is 1. The summed E-state index contributed by atoms with van der Waals surface area (Å²) in [6, 6.07) is 22.9. The number of imidazole rings is 1. The van der Waals surface area contributed by atoms with Crippen molar-refractivity contribution >= 4 is 22.6 Å². The van der Waals surface area contributed by atoms with E-state index < -0.39 is 11.7 Å². The van der Waals surface area contributed by atoms with E-state index in [1.54, 1.807) is 6.07 Å². The zero-order valence-electron chi connectivity index (χ0n) is 17.8. The Kier molecular flexibility index (Phi) is 5.40. The third kappa shape index (κ3) is 4.23. The quantitative estimate of drug-likeness (QED) is 0.385. The van der Waals surface area contributed by atoms with Gasteiger partial charge in [0, 0.05) is 31.1 Å². The zero-order chi connectivity index (χ0) is 23.0. The molecule has 1 aliphatic rings. The summed E-state index contributed by atoms with van der Waals surface area (Å²) in [7, 11) is 0. The first-order valence-electron chi connectivity index (χ1n) is 10.9. The van der Waals surface area contributed by atoms with Gasteiger partial charge in [0.25, 0.3) is 0 Å². The standard InChI is InChI=1S/C26H22F3N3O/c27-26(28,29)20-9-6-10-21(16-20)32-17-19(15-24(32)33)25-30-22-11-4-5-12-23(22)31(25)14-13-18-7-2-1-3-8-18/h1-12,16,19H,13-15,17H2. The number of carbonyl (C=O) groups is 1. The van der Waals surface area contributed by atoms with Gasteiger partial charge in [-0.25, -0.2) is 4.98 Å². The summed E-state index contributed by atoms with van der Waals surface area (Å²) in [5.41, 5.74) is 2.56. The number of carbonyl (C=O) groups excluding carboxylic acids is 1. The lowest BCUT2D eigenvalue weighted by Crippen LogP contribution is -2.25. The number of nitrogens with zero attached hydrogens (tertiary/aromatic N) is 3. The lowest BCUT2D eigenvalue weighted by atomic mass is 10.1. The molecule has 33 heavy (non-hydrogen) atoms. The first-order valence-corrected chi connectivity index (χ1v) is 10.9. The van der Waals surface area contributed by atoms with Crippen molar-refractivity contribution in [2.75, 3.05) is 11.4 Å². The molecule has 0 bridgehead atoms. The molecule has 5 rings (SSSR count). The molecule has 1 saturated heterocycles. The number of aromatic nitrogens is 2. The van der Waals surface area contributed by atoms with Crippen molar-refractivity contribution in [3.05, 3.63) is 95.8 Å². The van der Waals surface area contributed by atoms with E-state index in [1.165, 1.54) is 16.5 Å². The monoisotopic (exact) mass is 449 g/mol. The molecule has 0 aliphatic carbocycles. The van der Waals surface area contributed by atoms with Gasteiger partial charge < -0.3 is 9.47 Å². The van der Waals surface area contributed by atoms with E-state index >= 15 is 0 Å². The molecule has 1 fully saturated rings. The molecule has 4 nitrogen and oxygen atoms in total. The van der Waals surface area contributed by atoms with E-state index in [2.05, 4.69) is 16.7 Å². The van der Waals surface area contributed by atoms with Crippen LogP contribution in [0.2, 0.25) is 0 Å². The van der Waals surface area contributed by atoms with E-state index in [4.69, 9.17) is 4.98 Å². The second kappa shape index (κ2) is 8.39. The predicted octanol–water partition coefficient (Wildman–Crippen LogP) is 5.82. The number of hydrogen-bond donors (Lipinski definition) is 0. The summed E-state index contributed by atoms with van der Waals surface area (Å²) in [6.07, 6.45) is -3.43. The molecule has 1 aromatic heterocycles. The van der Waals surface area contributed by atoms with E-state index in [0.29, 0.717) is 13.1 Å². The largest absolute Gasteiger partial charge is 0.416 e. The fourth-order valence-corrected chi connectivity index (χ4v) is 4.51. The Morgan fingerprint density at radius 1 is 0.939 bits per heavy atom. The minimum atomic E-state index is -4.45. The first kappa shape index (κ1) is 21.2. The van der Waals surface area contributed by atoms with Gasteiger partial charge in [-0.3, -0.25) is 4.79 Å². The summed E-state index contributed by atoms with van der Waals surface area (Å²) in [4.78, 5) is 19.1. The van der Waals surface area contributed by atoms with Gasteiger partial charge >= 0.3 is 6.18 Å². The fourth-order valence-electron chi connectivity index (χ4n) is 4.51. The SMILES string of the molecule is O=C1CC(c2nc3ccccc3n2CCc2ccccc2)CN1c1cccc(C(F)(F)F)c1. The van der Waals surface area contributed by atoms with Crippen molar-refractivity contribution in [1.82, 2.24) is 9.55 Å². The van der Waals surface area contributed by atoms with Crippen molar-refractivity contribution in [2.24, 2.45) is 0 Å². The molecule has 0 saturated carbocycles. The van der Waals surface area contributed by atoms with Crippen LogP contribution in [-0.2, 0) is 23.9 Å². The number of para-hydroxylation sites is 2. The molecular formula is C26H22F3N3O. The van der Waals surface area contributed by atoms with Crippen LogP contribution in [0.3, 0.4) is 0 Å². The number of benzene rings is 3. The Morgan fingerprint density at radius 2 is 1.70 bits per heavy atom. The topological polar surface area (TPSA) is 38.1 Å². The summed E-state index contributed by atoms with van der Waals surface area (Å²) in [6.45, 7) is 1.00. The van der Waals surface area contributed by atoms with Crippen LogP contribution in [0.1, 0.15) is 29.3 Å². The molecule has 7 heteroatoms. The summed E-state index contributed by atoms with van der Waals surface area (Å²) >= 11 is 0. The Balaban J connectivity index is 1.45. The summed E-state index contributed by atoms with van der Waals surface area (Å²) in [5, 5.41) is 0. The highest BCUT2D eigenvalue weighted by atomic mass is 19.4. The van der Waals surface area contributed by atoms with Gasteiger partial charge in [-0.2, -0.15) is 13.2 Å². The van der Waals surface area contributed by atoms with Gasteiger partial charge in [-0.05, 0) is 42.3 Å². The van der Waals surface area contributed by atoms with Crippen LogP contribution in [-0.4, -0.2) is 22.0 Å². The second-order valence-corrected chi connectivity index (χ2v) is 8.30. The van der Waals surface area contributed by atoms with Gasteiger partial charge in [0.2, 0.25) is 5.91 Å². The average molecular weight is 449 g/mol. The van der Waals surface area contributed by atoms with Gasteiger partial charge in [0.15, 0.2) is 0 Å². The van der Waals surface area contributed by atoms with Crippen molar-refractivity contribution in [2.45, 2.75) is 31.5 Å². The normalized spacial score (nSPS) is 16.6. The van der Waals surface area contributed by atoms with Crippen LogP contribution < -0.4 is 4.90 Å². The summed E-state index contributed by atoms with van der Waals surface area (Å²) in [5.74, 6) is 0.408. The summed E-state index contributed by atoms with van der Waals surface area (Å²) < 4.78 is 41.7. The van der Waals surface area contributed by atoms with Crippen LogP contribution >= 0.6 is 0 Å². The van der Waals surface area contributed by atoms with Gasteiger partial charge in [-0.1, -0.05) is 48.5 Å². The molecule has 1 aliphatic heterocycles. The Hall–Kier alpha value is -3.61. The first-order chi connectivity index (χ1) is 15.9. The Bertz CT molecular complexity index is 1300. The molecule has 0 radical (unpaired) electrons. The molecule has 0 N–H and O–H groups in total.